The summed E-state index contributed by atoms with van der Waals surface area (Å²) in [5, 5.41) is 0. The Morgan fingerprint density at radius 3 is 1.91 bits per heavy atom. The molecule has 0 amide bonds. The van der Waals surface area contributed by atoms with Gasteiger partial charge in [0, 0.05) is 5.56 Å². The van der Waals surface area contributed by atoms with Crippen molar-refractivity contribution in [1.29, 1.82) is 0 Å². The predicted octanol–water partition coefficient (Wildman–Crippen LogP) is 3.19. The minimum atomic E-state index is 0. The van der Waals surface area contributed by atoms with Gasteiger partial charge >= 0.3 is 0 Å². The average molecular weight is 340 g/mol. The number of quaternary nitrogens is 1. The minimum Gasteiger partial charge on any atom is -1.00 e. The number of rotatable bonds is 12. The molecule has 0 aliphatic carbocycles. The Hall–Kier alpha value is -0.530. The summed E-state index contributed by atoms with van der Waals surface area (Å²) in [7, 11) is 4.75. The van der Waals surface area contributed by atoms with Gasteiger partial charge in [0.1, 0.15) is 6.54 Å². The van der Waals surface area contributed by atoms with Crippen LogP contribution in [0.3, 0.4) is 0 Å². The lowest BCUT2D eigenvalue weighted by molar-refractivity contribution is -0.926. The highest BCUT2D eigenvalue weighted by atomic mass is 35.5. The van der Waals surface area contributed by atoms with E-state index in [4.69, 9.17) is 0 Å². The molecule has 1 unspecified atom stereocenters. The highest BCUT2D eigenvalue weighted by Gasteiger charge is 2.23. The summed E-state index contributed by atoms with van der Waals surface area (Å²) in [4.78, 5) is 0. The molecule has 0 bridgehead atoms. The lowest BCUT2D eigenvalue weighted by Gasteiger charge is -2.36. The maximum atomic E-state index is 2.42. The molecule has 23 heavy (non-hydrogen) atoms. The summed E-state index contributed by atoms with van der Waals surface area (Å²) in [6.07, 6.45) is 12.7. The number of unbranched alkanes of at least 4 members (excludes halogenated alkanes) is 7. The van der Waals surface area contributed by atoms with Gasteiger partial charge in [0.2, 0.25) is 0 Å². The van der Waals surface area contributed by atoms with Crippen molar-refractivity contribution in [2.45, 2.75) is 84.2 Å². The maximum absolute atomic E-state index is 2.42. The summed E-state index contributed by atoms with van der Waals surface area (Å²) in [6.45, 7) is 5.85. The second-order valence-electron chi connectivity index (χ2n) is 7.53. The molecule has 0 fully saturated rings. The summed E-state index contributed by atoms with van der Waals surface area (Å²) < 4.78 is 1.10. The molecule has 1 aromatic rings. The number of halogens is 1. The molecule has 0 aliphatic rings. The third kappa shape index (κ3) is 10.0. The second kappa shape index (κ2) is 12.8. The van der Waals surface area contributed by atoms with Crippen LogP contribution in [0.5, 0.6) is 0 Å². The first kappa shape index (κ1) is 22.5. The minimum absolute atomic E-state index is 0. The van der Waals surface area contributed by atoms with Gasteiger partial charge in [0.15, 0.2) is 0 Å². The van der Waals surface area contributed by atoms with Crippen molar-refractivity contribution in [3.8, 4) is 0 Å². The largest absolute Gasteiger partial charge is 1.00 e. The van der Waals surface area contributed by atoms with Gasteiger partial charge in [-0.2, -0.15) is 0 Å². The lowest BCUT2D eigenvalue weighted by atomic mass is 10.0. The molecule has 1 aromatic carbocycles. The molecule has 0 heterocycles. The van der Waals surface area contributed by atoms with Gasteiger partial charge in [-0.25, -0.2) is 0 Å². The van der Waals surface area contributed by atoms with Gasteiger partial charge in [-0.1, -0.05) is 82.2 Å². The van der Waals surface area contributed by atoms with Gasteiger partial charge in [0.25, 0.3) is 0 Å². The highest BCUT2D eigenvalue weighted by molar-refractivity contribution is 5.13. The molecular weight excluding hydrogens is 302 g/mol. The van der Waals surface area contributed by atoms with Gasteiger partial charge in [-0.05, 0) is 19.8 Å². The molecule has 0 aliphatic heterocycles. The summed E-state index contributed by atoms with van der Waals surface area (Å²) in [6, 6.07) is 11.6. The summed E-state index contributed by atoms with van der Waals surface area (Å²) >= 11 is 0. The maximum Gasteiger partial charge on any atom is 0.104 e. The van der Waals surface area contributed by atoms with Crippen molar-refractivity contribution >= 4 is 0 Å². The molecule has 0 radical (unpaired) electrons. The summed E-state index contributed by atoms with van der Waals surface area (Å²) in [5.41, 5.74) is 1.45. The molecule has 0 aromatic heterocycles. The van der Waals surface area contributed by atoms with Crippen LogP contribution < -0.4 is 12.4 Å². The Balaban J connectivity index is 0.00000484. The van der Waals surface area contributed by atoms with Crippen molar-refractivity contribution in [2.24, 2.45) is 0 Å². The van der Waals surface area contributed by atoms with E-state index >= 15 is 0 Å². The normalized spacial score (nSPS) is 12.7. The van der Waals surface area contributed by atoms with Crippen LogP contribution in [-0.4, -0.2) is 24.6 Å². The van der Waals surface area contributed by atoms with Crippen LogP contribution in [0.25, 0.3) is 0 Å². The van der Waals surface area contributed by atoms with Crippen LogP contribution >= 0.6 is 0 Å². The fourth-order valence-corrected chi connectivity index (χ4v) is 3.13. The standard InChI is InChI=1S/C21H38N.ClH/c1-5-6-7-8-9-10-11-13-16-20(2)22(3,4)19-21-17-14-12-15-18-21;/h12,14-15,17-18,20H,5-11,13,16,19H2,1-4H3;1H/q+1;/p-1. The quantitative estimate of drug-likeness (QED) is 0.405. The van der Waals surface area contributed by atoms with Gasteiger partial charge in [-0.3, -0.25) is 0 Å². The predicted molar refractivity (Wildman–Crippen MR) is 98.9 cm³/mol. The number of benzene rings is 1. The van der Waals surface area contributed by atoms with E-state index in [1.807, 2.05) is 0 Å². The van der Waals surface area contributed by atoms with E-state index in [0.29, 0.717) is 0 Å². The van der Waals surface area contributed by atoms with Crippen molar-refractivity contribution in [1.82, 2.24) is 0 Å². The lowest BCUT2D eigenvalue weighted by Crippen LogP contribution is -3.00. The van der Waals surface area contributed by atoms with Crippen molar-refractivity contribution in [2.75, 3.05) is 14.1 Å². The molecular formula is C21H38ClN. The van der Waals surface area contributed by atoms with Crippen molar-refractivity contribution in [3.63, 3.8) is 0 Å². The monoisotopic (exact) mass is 339 g/mol. The molecule has 0 spiro atoms. The molecule has 1 atom stereocenters. The van der Waals surface area contributed by atoms with Crippen LogP contribution in [0.4, 0.5) is 0 Å². The van der Waals surface area contributed by atoms with Crippen molar-refractivity contribution in [3.05, 3.63) is 35.9 Å². The fraction of sp³-hybridized carbons (Fsp3) is 0.714. The van der Waals surface area contributed by atoms with Crippen LogP contribution in [0.2, 0.25) is 0 Å². The second-order valence-corrected chi connectivity index (χ2v) is 7.53. The Labute approximate surface area is 151 Å². The molecule has 1 nitrogen and oxygen atoms in total. The van der Waals surface area contributed by atoms with E-state index in [1.54, 1.807) is 0 Å². The van der Waals surface area contributed by atoms with Gasteiger partial charge in [0.05, 0.1) is 20.1 Å². The number of hydrogen-bond acceptors (Lipinski definition) is 0. The number of hydrogen-bond donors (Lipinski definition) is 0. The molecule has 0 N–H and O–H groups in total. The van der Waals surface area contributed by atoms with Crippen LogP contribution in [0.15, 0.2) is 30.3 Å². The van der Waals surface area contributed by atoms with E-state index in [1.165, 1.54) is 63.4 Å². The van der Waals surface area contributed by atoms with Gasteiger partial charge < -0.3 is 16.9 Å². The first-order chi connectivity index (χ1) is 10.6. The third-order valence-corrected chi connectivity index (χ3v) is 5.10. The van der Waals surface area contributed by atoms with E-state index in [2.05, 4.69) is 58.3 Å². The zero-order chi connectivity index (χ0) is 16.3. The first-order valence-electron chi connectivity index (χ1n) is 9.43. The molecule has 0 saturated carbocycles. The van der Waals surface area contributed by atoms with E-state index in [9.17, 15) is 0 Å². The Morgan fingerprint density at radius 1 is 0.826 bits per heavy atom. The third-order valence-electron chi connectivity index (χ3n) is 5.10. The molecule has 2 heteroatoms. The average Bonchev–Trinajstić information content (AvgIpc) is 2.50. The van der Waals surface area contributed by atoms with Crippen molar-refractivity contribution < 1.29 is 16.9 Å². The van der Waals surface area contributed by atoms with E-state index in [0.717, 1.165) is 17.1 Å². The highest BCUT2D eigenvalue weighted by Crippen LogP contribution is 2.19. The fourth-order valence-electron chi connectivity index (χ4n) is 3.13. The Kier molecular flexibility index (Phi) is 12.5. The first-order valence-corrected chi connectivity index (χ1v) is 9.43. The molecule has 0 saturated heterocycles. The Bertz CT molecular complexity index is 375. The number of nitrogens with zero attached hydrogens (tertiary/aromatic N) is 1. The molecule has 134 valence electrons. The summed E-state index contributed by atoms with van der Waals surface area (Å²) in [5.74, 6) is 0. The Morgan fingerprint density at radius 2 is 1.35 bits per heavy atom. The SMILES string of the molecule is CCCCCCCCCCC(C)[N+](C)(C)Cc1ccccc1.[Cl-]. The topological polar surface area (TPSA) is 0 Å². The van der Waals surface area contributed by atoms with Crippen LogP contribution in [0.1, 0.15) is 77.2 Å². The van der Waals surface area contributed by atoms with Crippen LogP contribution in [0, 0.1) is 0 Å². The van der Waals surface area contributed by atoms with E-state index < -0.39 is 0 Å². The molecule has 1 rings (SSSR count). The van der Waals surface area contributed by atoms with E-state index in [-0.39, 0.29) is 12.4 Å². The van der Waals surface area contributed by atoms with Crippen LogP contribution in [-0.2, 0) is 6.54 Å². The zero-order valence-corrected chi connectivity index (χ0v) is 16.6. The smallest absolute Gasteiger partial charge is 0.104 e. The van der Waals surface area contributed by atoms with Gasteiger partial charge in [-0.15, -0.1) is 0 Å². The zero-order valence-electron chi connectivity index (χ0n) is 15.9.